The Kier molecular flexibility index (Phi) is 7.45. The summed E-state index contributed by atoms with van der Waals surface area (Å²) in [5, 5.41) is 17.0. The molecule has 6 nitrogen and oxygen atoms in total. The summed E-state index contributed by atoms with van der Waals surface area (Å²) < 4.78 is 43.7. The number of hydrogen-bond donors (Lipinski definition) is 2. The third-order valence-electron chi connectivity index (χ3n) is 2.75. The lowest BCUT2D eigenvalue weighted by atomic mass is 10.2. The Labute approximate surface area is 146 Å². The Morgan fingerprint density at radius 1 is 0.846 bits per heavy atom. The summed E-state index contributed by atoms with van der Waals surface area (Å²) >= 11 is 0. The van der Waals surface area contributed by atoms with Crippen molar-refractivity contribution in [3.63, 3.8) is 0 Å². The van der Waals surface area contributed by atoms with Gasteiger partial charge in [0.05, 0.1) is 17.7 Å². The number of ether oxygens (including phenoxy) is 2. The fraction of sp³-hybridized carbons (Fsp3) is 0.176. The monoisotopic (exact) mass is 372 g/mol. The molecule has 0 unspecified atom stereocenters. The second-order valence-corrected chi connectivity index (χ2v) is 4.64. The summed E-state index contributed by atoms with van der Waals surface area (Å²) in [6.07, 6.45) is -4.76. The van der Waals surface area contributed by atoms with E-state index in [0.717, 1.165) is 24.3 Å². The average molecular weight is 372 g/mol. The summed E-state index contributed by atoms with van der Waals surface area (Å²) in [6.45, 7) is 2.47. The number of rotatable bonds is 5. The van der Waals surface area contributed by atoms with E-state index in [4.69, 9.17) is 14.9 Å². The number of aromatic carboxylic acids is 2. The predicted molar refractivity (Wildman–Crippen MR) is 84.7 cm³/mol. The van der Waals surface area contributed by atoms with E-state index in [1.807, 2.05) is 6.92 Å². The minimum atomic E-state index is -4.76. The van der Waals surface area contributed by atoms with Crippen molar-refractivity contribution in [2.24, 2.45) is 0 Å². The number of halogens is 3. The van der Waals surface area contributed by atoms with Crippen LogP contribution < -0.4 is 9.47 Å². The van der Waals surface area contributed by atoms with Crippen LogP contribution in [-0.2, 0) is 0 Å². The van der Waals surface area contributed by atoms with Crippen LogP contribution >= 0.6 is 0 Å². The highest BCUT2D eigenvalue weighted by atomic mass is 19.4. The van der Waals surface area contributed by atoms with E-state index in [1.165, 1.54) is 12.1 Å². The maximum atomic E-state index is 11.7. The van der Waals surface area contributed by atoms with E-state index >= 15 is 0 Å². The van der Waals surface area contributed by atoms with Crippen molar-refractivity contribution >= 4 is 11.9 Å². The van der Waals surface area contributed by atoms with E-state index < -0.39 is 24.1 Å². The minimum absolute atomic E-state index is 0.0977. The van der Waals surface area contributed by atoms with Crippen LogP contribution in [0, 0.1) is 0 Å². The molecule has 0 spiro atoms. The number of alkyl halides is 3. The summed E-state index contributed by atoms with van der Waals surface area (Å²) in [6, 6.07) is 10.3. The Balaban J connectivity index is 0.000000263. The van der Waals surface area contributed by atoms with Gasteiger partial charge in [-0.3, -0.25) is 0 Å². The maximum absolute atomic E-state index is 11.7. The molecule has 2 aromatic rings. The van der Waals surface area contributed by atoms with Crippen LogP contribution in [0.1, 0.15) is 27.6 Å². The molecule has 9 heteroatoms. The van der Waals surface area contributed by atoms with Crippen LogP contribution in [0.15, 0.2) is 48.5 Å². The quantitative estimate of drug-likeness (QED) is 0.822. The molecule has 0 aliphatic rings. The first-order chi connectivity index (χ1) is 12.1. The number of carbonyl (C=O) groups is 2. The fourth-order valence-electron chi connectivity index (χ4n) is 1.66. The number of hydrogen-bond acceptors (Lipinski definition) is 4. The zero-order valence-corrected chi connectivity index (χ0v) is 13.5. The topological polar surface area (TPSA) is 93.1 Å². The Morgan fingerprint density at radius 3 is 1.54 bits per heavy atom. The van der Waals surface area contributed by atoms with Crippen LogP contribution in [0.2, 0.25) is 0 Å². The van der Waals surface area contributed by atoms with Crippen molar-refractivity contribution < 1.29 is 42.4 Å². The SMILES string of the molecule is CCOc1ccc(C(=O)O)cc1.O=C(O)c1ccc(OC(F)(F)F)cc1. The molecule has 0 saturated carbocycles. The van der Waals surface area contributed by atoms with Gasteiger partial charge < -0.3 is 19.7 Å². The molecule has 0 amide bonds. The second-order valence-electron chi connectivity index (χ2n) is 4.64. The minimum Gasteiger partial charge on any atom is -0.494 e. The molecule has 0 atom stereocenters. The van der Waals surface area contributed by atoms with Gasteiger partial charge >= 0.3 is 18.3 Å². The Hall–Kier alpha value is -3.23. The molecule has 0 fully saturated rings. The van der Waals surface area contributed by atoms with Crippen LogP contribution in [0.3, 0.4) is 0 Å². The van der Waals surface area contributed by atoms with Gasteiger partial charge in [0.2, 0.25) is 0 Å². The molecule has 2 N–H and O–H groups in total. The van der Waals surface area contributed by atoms with Crippen molar-refractivity contribution in [3.05, 3.63) is 59.7 Å². The first kappa shape index (κ1) is 20.8. The molecule has 140 valence electrons. The summed E-state index contributed by atoms with van der Waals surface area (Å²) in [5.74, 6) is -1.87. The molecule has 26 heavy (non-hydrogen) atoms. The van der Waals surface area contributed by atoms with E-state index in [0.29, 0.717) is 12.4 Å². The molecule has 0 saturated heterocycles. The summed E-state index contributed by atoms with van der Waals surface area (Å²) in [7, 11) is 0. The lowest BCUT2D eigenvalue weighted by molar-refractivity contribution is -0.274. The van der Waals surface area contributed by atoms with E-state index in [9.17, 15) is 22.8 Å². The summed E-state index contributed by atoms with van der Waals surface area (Å²) in [4.78, 5) is 20.8. The van der Waals surface area contributed by atoms with E-state index in [2.05, 4.69) is 4.74 Å². The zero-order chi connectivity index (χ0) is 19.7. The molecule has 0 radical (unpaired) electrons. The van der Waals surface area contributed by atoms with Gasteiger partial charge in [0, 0.05) is 0 Å². The molecule has 0 aliphatic carbocycles. The second kappa shape index (κ2) is 9.30. The predicted octanol–water partition coefficient (Wildman–Crippen LogP) is 4.07. The van der Waals surface area contributed by atoms with E-state index in [-0.39, 0.29) is 11.1 Å². The molecular weight excluding hydrogens is 357 g/mol. The normalized spacial score (nSPS) is 10.3. The molecule has 0 bridgehead atoms. The number of benzene rings is 2. The molecule has 0 aliphatic heterocycles. The highest BCUT2D eigenvalue weighted by Crippen LogP contribution is 2.22. The third kappa shape index (κ3) is 7.56. The van der Waals surface area contributed by atoms with Crippen molar-refractivity contribution in [2.75, 3.05) is 6.61 Å². The first-order valence-electron chi connectivity index (χ1n) is 7.17. The molecule has 0 aromatic heterocycles. The molecule has 2 aromatic carbocycles. The molecular formula is C17H15F3O6. The van der Waals surface area contributed by atoms with Crippen molar-refractivity contribution in [1.29, 1.82) is 0 Å². The van der Waals surface area contributed by atoms with Crippen molar-refractivity contribution in [1.82, 2.24) is 0 Å². The van der Waals surface area contributed by atoms with Gasteiger partial charge in [0.1, 0.15) is 11.5 Å². The fourth-order valence-corrected chi connectivity index (χ4v) is 1.66. The van der Waals surface area contributed by atoms with Crippen LogP contribution in [0.5, 0.6) is 11.5 Å². The van der Waals surface area contributed by atoms with Crippen LogP contribution in [0.4, 0.5) is 13.2 Å². The van der Waals surface area contributed by atoms with Crippen molar-refractivity contribution in [3.8, 4) is 11.5 Å². The van der Waals surface area contributed by atoms with E-state index in [1.54, 1.807) is 12.1 Å². The van der Waals surface area contributed by atoms with Gasteiger partial charge in [-0.2, -0.15) is 0 Å². The van der Waals surface area contributed by atoms with Crippen molar-refractivity contribution in [2.45, 2.75) is 13.3 Å². The zero-order valence-electron chi connectivity index (χ0n) is 13.5. The summed E-state index contributed by atoms with van der Waals surface area (Å²) in [5.41, 5.74) is 0.179. The molecule has 0 heterocycles. The van der Waals surface area contributed by atoms with Crippen LogP contribution in [-0.4, -0.2) is 35.1 Å². The van der Waals surface area contributed by atoms with Crippen LogP contribution in [0.25, 0.3) is 0 Å². The highest BCUT2D eigenvalue weighted by molar-refractivity contribution is 5.88. The third-order valence-corrected chi connectivity index (χ3v) is 2.75. The lowest BCUT2D eigenvalue weighted by Gasteiger charge is -2.08. The van der Waals surface area contributed by atoms with Gasteiger partial charge in [-0.1, -0.05) is 0 Å². The highest BCUT2D eigenvalue weighted by Gasteiger charge is 2.31. The molecule has 2 rings (SSSR count). The van der Waals surface area contributed by atoms with Gasteiger partial charge in [0.15, 0.2) is 0 Å². The maximum Gasteiger partial charge on any atom is 0.573 e. The van der Waals surface area contributed by atoms with Gasteiger partial charge in [0.25, 0.3) is 0 Å². The number of carboxylic acids is 2. The van der Waals surface area contributed by atoms with Gasteiger partial charge in [-0.15, -0.1) is 13.2 Å². The lowest BCUT2D eigenvalue weighted by Crippen LogP contribution is -2.17. The van der Waals surface area contributed by atoms with Gasteiger partial charge in [-0.25, -0.2) is 9.59 Å². The first-order valence-corrected chi connectivity index (χ1v) is 7.17. The largest absolute Gasteiger partial charge is 0.573 e. The average Bonchev–Trinajstić information content (AvgIpc) is 2.55. The van der Waals surface area contributed by atoms with Gasteiger partial charge in [-0.05, 0) is 55.5 Å². The Morgan fingerprint density at radius 2 is 1.23 bits per heavy atom. The number of carboxylic acid groups (broad SMARTS) is 2. The standard InChI is InChI=1S/C9H10O3.C8H5F3O3/c1-2-12-8-5-3-7(4-6-8)9(10)11;9-8(10,11)14-6-3-1-5(2-4-6)7(12)13/h3-6H,2H2,1H3,(H,10,11);1-4H,(H,12,13). The Bertz CT molecular complexity index is 724. The smallest absolute Gasteiger partial charge is 0.494 e.